The Kier molecular flexibility index (Phi) is 5.28. The van der Waals surface area contributed by atoms with Gasteiger partial charge in [-0.3, -0.25) is 4.79 Å². The molecule has 0 aromatic carbocycles. The van der Waals surface area contributed by atoms with Gasteiger partial charge >= 0.3 is 0 Å². The number of halogens is 1. The fourth-order valence-corrected chi connectivity index (χ4v) is 3.99. The van der Waals surface area contributed by atoms with Crippen molar-refractivity contribution in [3.8, 4) is 0 Å². The van der Waals surface area contributed by atoms with Crippen molar-refractivity contribution in [1.29, 1.82) is 0 Å². The number of hydrogen-bond donors (Lipinski definition) is 1. The van der Waals surface area contributed by atoms with E-state index in [0.29, 0.717) is 20.2 Å². The topological polar surface area (TPSA) is 33.0 Å². The van der Waals surface area contributed by atoms with Crippen molar-refractivity contribution >= 4 is 45.9 Å². The maximum atomic E-state index is 13.1. The van der Waals surface area contributed by atoms with Crippen LogP contribution in [0.4, 0.5) is 0 Å². The third-order valence-electron chi connectivity index (χ3n) is 4.25. The molecule has 1 aliphatic carbocycles. The van der Waals surface area contributed by atoms with Gasteiger partial charge in [0.2, 0.25) is 5.78 Å². The molecule has 2 aromatic rings. The number of rotatable bonds is 5. The molecule has 0 unspecified atom stereocenters. The highest BCUT2D eigenvalue weighted by Gasteiger charge is 2.36. The van der Waals surface area contributed by atoms with Crippen LogP contribution < -0.4 is 9.88 Å². The lowest BCUT2D eigenvalue weighted by Gasteiger charge is -2.19. The van der Waals surface area contributed by atoms with Gasteiger partial charge in [0.15, 0.2) is 17.4 Å². The van der Waals surface area contributed by atoms with E-state index in [1.54, 1.807) is 12.1 Å². The van der Waals surface area contributed by atoms with Gasteiger partial charge < -0.3 is 5.32 Å². The fourth-order valence-electron chi connectivity index (χ4n) is 2.59. The summed E-state index contributed by atoms with van der Waals surface area (Å²) in [4.78, 5) is 14.3. The molecule has 3 rings (SSSR count). The number of carbonyl (C=O) groups is 1. The number of nitrogens with one attached hydrogen (secondary N) is 1. The summed E-state index contributed by atoms with van der Waals surface area (Å²) in [5, 5.41) is 3.32. The third kappa shape index (κ3) is 4.46. The average molecular weight is 394 g/mol. The maximum Gasteiger partial charge on any atom is 0.271 e. The lowest BCUT2D eigenvalue weighted by molar-refractivity contribution is -0.692. The standard InChI is InChI=1S/C19H21ClN2OS2/c1-19(2,3)12-8-10-22(11-9-12)16(18(24)21-13-4-5-13)17(23)14-6-7-15(20)25-14/h6-11,13,16H,4-5H2,1-3H3/p+1/t16-/m0/s1. The van der Waals surface area contributed by atoms with Crippen molar-refractivity contribution in [2.75, 3.05) is 0 Å². The monoisotopic (exact) mass is 393 g/mol. The lowest BCUT2D eigenvalue weighted by atomic mass is 9.88. The second-order valence-corrected chi connectivity index (χ2v) is 9.59. The number of carbonyl (C=O) groups excluding carboxylic acids is 1. The highest BCUT2D eigenvalue weighted by atomic mass is 35.5. The molecule has 0 radical (unpaired) electrons. The third-order valence-corrected chi connectivity index (χ3v) is 5.84. The molecule has 1 N–H and O–H groups in total. The molecule has 25 heavy (non-hydrogen) atoms. The summed E-state index contributed by atoms with van der Waals surface area (Å²) in [6.07, 6.45) is 6.11. The molecular weight excluding hydrogens is 372 g/mol. The summed E-state index contributed by atoms with van der Waals surface area (Å²) in [6, 6.07) is 7.50. The molecule has 1 aliphatic rings. The van der Waals surface area contributed by atoms with E-state index in [9.17, 15) is 4.79 Å². The first-order chi connectivity index (χ1) is 11.8. The van der Waals surface area contributed by atoms with Gasteiger partial charge in [-0.05, 0) is 36.0 Å². The first-order valence-corrected chi connectivity index (χ1v) is 9.97. The summed E-state index contributed by atoms with van der Waals surface area (Å²) in [7, 11) is 0. The second-order valence-electron chi connectivity index (χ2n) is 7.44. The molecule has 0 bridgehead atoms. The van der Waals surface area contributed by atoms with Crippen LogP contribution in [0.1, 0.15) is 54.9 Å². The number of nitrogens with zero attached hydrogens (tertiary/aromatic N) is 1. The molecule has 1 atom stereocenters. The van der Waals surface area contributed by atoms with Gasteiger partial charge in [-0.1, -0.05) is 44.6 Å². The first kappa shape index (κ1) is 18.5. The zero-order valence-corrected chi connectivity index (χ0v) is 17.0. The lowest BCUT2D eigenvalue weighted by Crippen LogP contribution is -2.51. The van der Waals surface area contributed by atoms with Gasteiger partial charge in [-0.25, -0.2) is 0 Å². The molecule has 0 spiro atoms. The normalized spacial score (nSPS) is 15.7. The number of pyridine rings is 1. The number of hydrogen-bond acceptors (Lipinski definition) is 3. The fraction of sp³-hybridized carbons (Fsp3) is 0.421. The zero-order chi connectivity index (χ0) is 18.2. The van der Waals surface area contributed by atoms with Crippen molar-refractivity contribution in [2.24, 2.45) is 0 Å². The van der Waals surface area contributed by atoms with E-state index < -0.39 is 6.04 Å². The molecular formula is C19H22ClN2OS2+. The molecule has 6 heteroatoms. The van der Waals surface area contributed by atoms with Crippen molar-refractivity contribution in [3.63, 3.8) is 0 Å². The van der Waals surface area contributed by atoms with Gasteiger partial charge in [-0.2, -0.15) is 4.57 Å². The molecule has 1 saturated carbocycles. The van der Waals surface area contributed by atoms with Crippen LogP contribution in [-0.4, -0.2) is 16.8 Å². The first-order valence-electron chi connectivity index (χ1n) is 8.37. The summed E-state index contributed by atoms with van der Waals surface area (Å²) in [5.41, 5.74) is 1.28. The van der Waals surface area contributed by atoms with Gasteiger partial charge in [-0.15, -0.1) is 11.3 Å². The van der Waals surface area contributed by atoms with Crippen LogP contribution in [0.3, 0.4) is 0 Å². The number of aromatic nitrogens is 1. The van der Waals surface area contributed by atoms with Crippen LogP contribution in [0.5, 0.6) is 0 Å². The van der Waals surface area contributed by atoms with Crippen LogP contribution in [0.2, 0.25) is 4.34 Å². The molecule has 2 aromatic heterocycles. The highest BCUT2D eigenvalue weighted by Crippen LogP contribution is 2.26. The number of thiophene rings is 1. The van der Waals surface area contributed by atoms with Crippen LogP contribution in [0.25, 0.3) is 0 Å². The Balaban J connectivity index is 1.92. The molecule has 132 valence electrons. The summed E-state index contributed by atoms with van der Waals surface area (Å²) in [6.45, 7) is 6.51. The number of Topliss-reactive ketones (excluding diaryl/α,β-unsaturated/α-hetero) is 1. The Morgan fingerprint density at radius 3 is 2.40 bits per heavy atom. The van der Waals surface area contributed by atoms with E-state index in [1.165, 1.54) is 16.9 Å². The van der Waals surface area contributed by atoms with Crippen molar-refractivity contribution in [1.82, 2.24) is 5.32 Å². The highest BCUT2D eigenvalue weighted by molar-refractivity contribution is 7.80. The Bertz CT molecular complexity index is 789. The van der Waals surface area contributed by atoms with E-state index in [4.69, 9.17) is 23.8 Å². The largest absolute Gasteiger partial charge is 0.371 e. The summed E-state index contributed by atoms with van der Waals surface area (Å²) < 4.78 is 2.50. The van der Waals surface area contributed by atoms with E-state index in [0.717, 1.165) is 12.8 Å². The molecule has 1 fully saturated rings. The Hall–Kier alpha value is -1.30. The summed E-state index contributed by atoms with van der Waals surface area (Å²) >= 11 is 12.9. The average Bonchev–Trinajstić information content (AvgIpc) is 3.24. The van der Waals surface area contributed by atoms with Gasteiger partial charge in [0.05, 0.1) is 9.21 Å². The van der Waals surface area contributed by atoms with E-state index in [-0.39, 0.29) is 11.2 Å². The van der Waals surface area contributed by atoms with Crippen LogP contribution in [-0.2, 0) is 5.41 Å². The minimum Gasteiger partial charge on any atom is -0.371 e. The Morgan fingerprint density at radius 1 is 1.28 bits per heavy atom. The quantitative estimate of drug-likeness (QED) is 0.461. The molecule has 0 saturated heterocycles. The molecule has 3 nitrogen and oxygen atoms in total. The molecule has 2 heterocycles. The van der Waals surface area contributed by atoms with Crippen LogP contribution >= 0.6 is 35.2 Å². The minimum atomic E-state index is -0.542. The van der Waals surface area contributed by atoms with Crippen molar-refractivity contribution < 1.29 is 9.36 Å². The zero-order valence-electron chi connectivity index (χ0n) is 14.6. The van der Waals surface area contributed by atoms with E-state index in [1.807, 2.05) is 17.0 Å². The summed E-state index contributed by atoms with van der Waals surface area (Å²) in [5.74, 6) is -0.0245. The SMILES string of the molecule is CC(C)(C)c1cc[n+]([C@@H](C(=O)c2ccc(Cl)s2)C(=S)NC2CC2)cc1. The van der Waals surface area contributed by atoms with Crippen molar-refractivity contribution in [2.45, 2.75) is 51.1 Å². The Labute approximate surface area is 163 Å². The number of thiocarbonyl (C=S) groups is 1. The second kappa shape index (κ2) is 7.14. The van der Waals surface area contributed by atoms with E-state index in [2.05, 4.69) is 38.2 Å². The molecule has 0 aliphatic heterocycles. The smallest absolute Gasteiger partial charge is 0.271 e. The van der Waals surface area contributed by atoms with Gasteiger partial charge in [0.25, 0.3) is 6.04 Å². The van der Waals surface area contributed by atoms with Crippen LogP contribution in [0, 0.1) is 0 Å². The predicted molar refractivity (Wildman–Crippen MR) is 107 cm³/mol. The maximum absolute atomic E-state index is 13.1. The van der Waals surface area contributed by atoms with Crippen molar-refractivity contribution in [3.05, 3.63) is 51.4 Å². The van der Waals surface area contributed by atoms with E-state index >= 15 is 0 Å². The number of ketones is 1. The predicted octanol–water partition coefficient (Wildman–Crippen LogP) is 4.49. The van der Waals surface area contributed by atoms with Gasteiger partial charge in [0, 0.05) is 18.2 Å². The Morgan fingerprint density at radius 2 is 1.92 bits per heavy atom. The van der Waals surface area contributed by atoms with Gasteiger partial charge in [0.1, 0.15) is 0 Å². The molecule has 0 amide bonds. The van der Waals surface area contributed by atoms with Crippen LogP contribution in [0.15, 0.2) is 36.7 Å². The minimum absolute atomic E-state index is 0.0245.